The topological polar surface area (TPSA) is 79.4 Å². The predicted octanol–water partition coefficient (Wildman–Crippen LogP) is 4.30. The van der Waals surface area contributed by atoms with Crippen molar-refractivity contribution in [3.05, 3.63) is 81.3 Å². The third kappa shape index (κ3) is 4.35. The molecule has 29 heavy (non-hydrogen) atoms. The van der Waals surface area contributed by atoms with Crippen LogP contribution in [0.2, 0.25) is 0 Å². The molecule has 0 aliphatic rings. The summed E-state index contributed by atoms with van der Waals surface area (Å²) in [4.78, 5) is 21.3. The highest BCUT2D eigenvalue weighted by atomic mass is 32.1. The van der Waals surface area contributed by atoms with Gasteiger partial charge in [-0.3, -0.25) is 4.79 Å². The highest BCUT2D eigenvalue weighted by Gasteiger charge is 2.09. The van der Waals surface area contributed by atoms with Crippen LogP contribution in [0.1, 0.15) is 32.2 Å². The van der Waals surface area contributed by atoms with Gasteiger partial charge in [-0.1, -0.05) is 12.1 Å². The molecule has 4 aromatic rings. The summed E-state index contributed by atoms with van der Waals surface area (Å²) in [5.74, 6) is 1.41. The van der Waals surface area contributed by atoms with Crippen molar-refractivity contribution in [1.29, 1.82) is 0 Å². The van der Waals surface area contributed by atoms with Crippen LogP contribution in [0.3, 0.4) is 0 Å². The van der Waals surface area contributed by atoms with Crippen molar-refractivity contribution < 1.29 is 9.53 Å². The molecule has 1 amide bonds. The molecule has 2 N–H and O–H groups in total. The number of fused-ring (bicyclic) bond motifs is 1. The van der Waals surface area contributed by atoms with Crippen molar-refractivity contribution in [3.63, 3.8) is 0 Å². The molecule has 0 spiro atoms. The van der Waals surface area contributed by atoms with E-state index in [-0.39, 0.29) is 5.91 Å². The number of amides is 1. The van der Waals surface area contributed by atoms with Crippen molar-refractivity contribution in [2.45, 2.75) is 13.3 Å². The van der Waals surface area contributed by atoms with E-state index < -0.39 is 0 Å². The minimum Gasteiger partial charge on any atom is -0.497 e. The minimum absolute atomic E-state index is 0.260. The lowest BCUT2D eigenvalue weighted by molar-refractivity contribution is 0.0955. The van der Waals surface area contributed by atoms with Crippen LogP contribution >= 0.6 is 11.3 Å². The lowest BCUT2D eigenvalue weighted by Crippen LogP contribution is -2.17. The number of ether oxygens (including phenoxy) is 1. The molecule has 0 saturated heterocycles. The maximum Gasteiger partial charge on any atom is 0.271 e. The monoisotopic (exact) mass is 404 g/mol. The number of carbonyl (C=O) groups excluding carboxylic acids is 1. The number of aromatic nitrogens is 2. The van der Waals surface area contributed by atoms with Crippen molar-refractivity contribution in [2.24, 2.45) is 5.10 Å². The maximum atomic E-state index is 12.4. The number of rotatable bonds is 6. The van der Waals surface area contributed by atoms with Crippen LogP contribution in [0.4, 0.5) is 0 Å². The Labute approximate surface area is 172 Å². The van der Waals surface area contributed by atoms with Gasteiger partial charge in [0.25, 0.3) is 5.91 Å². The van der Waals surface area contributed by atoms with Crippen LogP contribution in [0.25, 0.3) is 11.0 Å². The summed E-state index contributed by atoms with van der Waals surface area (Å²) < 4.78 is 5.19. The van der Waals surface area contributed by atoms with Crippen molar-refractivity contribution in [1.82, 2.24) is 15.4 Å². The quantitative estimate of drug-likeness (QED) is 0.371. The van der Waals surface area contributed by atoms with Crippen molar-refractivity contribution in [2.75, 3.05) is 7.11 Å². The van der Waals surface area contributed by atoms with Crippen LogP contribution in [0, 0.1) is 6.92 Å². The number of nitrogens with one attached hydrogen (secondary N) is 2. The van der Waals surface area contributed by atoms with Crippen LogP contribution in [-0.2, 0) is 6.42 Å². The molecule has 0 fully saturated rings. The van der Waals surface area contributed by atoms with Gasteiger partial charge in [-0.15, -0.1) is 11.3 Å². The van der Waals surface area contributed by atoms with E-state index in [1.165, 1.54) is 0 Å². The molecule has 2 aromatic carbocycles. The summed E-state index contributed by atoms with van der Waals surface area (Å²) in [6.07, 6.45) is 2.34. The number of H-pyrrole nitrogens is 1. The fourth-order valence-electron chi connectivity index (χ4n) is 2.95. The lowest BCUT2D eigenvalue weighted by Gasteiger charge is -2.01. The second kappa shape index (κ2) is 8.28. The number of nitrogens with zero attached hydrogens (tertiary/aromatic N) is 2. The third-order valence-corrected chi connectivity index (χ3v) is 5.53. The van der Waals surface area contributed by atoms with E-state index >= 15 is 0 Å². The number of aromatic amines is 1. The Hall–Kier alpha value is -3.45. The smallest absolute Gasteiger partial charge is 0.271 e. The molecule has 0 saturated carbocycles. The van der Waals surface area contributed by atoms with Gasteiger partial charge in [-0.05, 0) is 59.8 Å². The fraction of sp³-hybridized carbons (Fsp3) is 0.136. The maximum absolute atomic E-state index is 12.4. The van der Waals surface area contributed by atoms with Gasteiger partial charge in [0.15, 0.2) is 0 Å². The summed E-state index contributed by atoms with van der Waals surface area (Å²) >= 11 is 1.58. The molecule has 0 atom stereocenters. The van der Waals surface area contributed by atoms with Gasteiger partial charge in [-0.25, -0.2) is 10.4 Å². The number of methoxy groups -OCH3 is 1. The molecule has 2 heterocycles. The van der Waals surface area contributed by atoms with Gasteiger partial charge in [0.2, 0.25) is 0 Å². The average molecular weight is 404 g/mol. The molecule has 6 nitrogen and oxygen atoms in total. The van der Waals surface area contributed by atoms with E-state index in [0.29, 0.717) is 12.0 Å². The van der Waals surface area contributed by atoms with Crippen LogP contribution in [-0.4, -0.2) is 29.2 Å². The van der Waals surface area contributed by atoms with E-state index in [4.69, 9.17) is 4.74 Å². The molecular formula is C22H20N4O2S. The highest BCUT2D eigenvalue weighted by molar-refractivity contribution is 7.11. The minimum atomic E-state index is -0.260. The van der Waals surface area contributed by atoms with Gasteiger partial charge in [-0.2, -0.15) is 5.10 Å². The van der Waals surface area contributed by atoms with Crippen LogP contribution in [0.5, 0.6) is 5.75 Å². The van der Waals surface area contributed by atoms with Gasteiger partial charge in [0.1, 0.15) is 11.6 Å². The number of thiophene rings is 1. The highest BCUT2D eigenvalue weighted by Crippen LogP contribution is 2.18. The Balaban J connectivity index is 1.46. The van der Waals surface area contributed by atoms with E-state index in [0.717, 1.165) is 38.6 Å². The molecule has 0 aliphatic carbocycles. The molecule has 0 radical (unpaired) electrons. The summed E-state index contributed by atoms with van der Waals surface area (Å²) in [7, 11) is 1.65. The van der Waals surface area contributed by atoms with Gasteiger partial charge in [0.05, 0.1) is 24.4 Å². The Bertz CT molecular complexity index is 1180. The Morgan fingerprint density at radius 2 is 2.07 bits per heavy atom. The number of carbonyl (C=O) groups is 1. The fourth-order valence-corrected chi connectivity index (χ4v) is 3.74. The summed E-state index contributed by atoms with van der Waals surface area (Å²) in [6, 6.07) is 15.3. The number of hydrazone groups is 1. The van der Waals surface area contributed by atoms with Gasteiger partial charge in [0, 0.05) is 16.9 Å². The van der Waals surface area contributed by atoms with Gasteiger partial charge >= 0.3 is 0 Å². The third-order valence-electron chi connectivity index (χ3n) is 4.57. The number of imidazole rings is 1. The largest absolute Gasteiger partial charge is 0.497 e. The Kier molecular flexibility index (Phi) is 5.39. The molecule has 0 aliphatic heterocycles. The van der Waals surface area contributed by atoms with Crippen LogP contribution < -0.4 is 10.2 Å². The van der Waals surface area contributed by atoms with Gasteiger partial charge < -0.3 is 9.72 Å². The Morgan fingerprint density at radius 1 is 1.24 bits per heavy atom. The molecule has 0 unspecified atom stereocenters. The SMILES string of the molecule is COc1ccc(Cc2nc3ccc(C(=O)N/N=C\c4sccc4C)cc3[nH]2)cc1. The normalized spacial score (nSPS) is 11.2. The summed E-state index contributed by atoms with van der Waals surface area (Å²) in [6.45, 7) is 2.01. The van der Waals surface area contributed by atoms with Crippen molar-refractivity contribution >= 4 is 34.5 Å². The summed E-state index contributed by atoms with van der Waals surface area (Å²) in [5, 5.41) is 6.05. The zero-order valence-corrected chi connectivity index (χ0v) is 16.9. The van der Waals surface area contributed by atoms with Crippen LogP contribution in [0.15, 0.2) is 59.0 Å². The summed E-state index contributed by atoms with van der Waals surface area (Å²) in [5.41, 5.74) is 7.00. The molecule has 4 rings (SSSR count). The van der Waals surface area contributed by atoms with Crippen molar-refractivity contribution in [3.8, 4) is 5.75 Å². The first-order valence-electron chi connectivity index (χ1n) is 9.11. The standard InChI is InChI=1S/C22H20N4O2S/c1-14-9-10-29-20(14)13-23-26-22(27)16-5-8-18-19(12-16)25-21(24-18)11-15-3-6-17(28-2)7-4-15/h3-10,12-13H,11H2,1-2H3,(H,24,25)(H,26,27)/b23-13-. The first-order chi connectivity index (χ1) is 14.1. The van der Waals surface area contributed by atoms with E-state index in [1.807, 2.05) is 48.7 Å². The number of hydrogen-bond donors (Lipinski definition) is 2. The van der Waals surface area contributed by atoms with E-state index in [1.54, 1.807) is 36.8 Å². The second-order valence-corrected chi connectivity index (χ2v) is 7.55. The average Bonchev–Trinajstić information content (AvgIpc) is 3.33. The number of benzene rings is 2. The molecule has 7 heteroatoms. The zero-order chi connectivity index (χ0) is 20.2. The second-order valence-electron chi connectivity index (χ2n) is 6.61. The number of aryl methyl sites for hydroxylation is 1. The molecule has 146 valence electrons. The predicted molar refractivity (Wildman–Crippen MR) is 116 cm³/mol. The molecule has 2 aromatic heterocycles. The Morgan fingerprint density at radius 3 is 2.79 bits per heavy atom. The first kappa shape index (κ1) is 18.9. The lowest BCUT2D eigenvalue weighted by atomic mass is 10.1. The zero-order valence-electron chi connectivity index (χ0n) is 16.1. The number of hydrogen-bond acceptors (Lipinski definition) is 5. The molecular weight excluding hydrogens is 384 g/mol. The molecule has 0 bridgehead atoms. The van der Waals surface area contributed by atoms with E-state index in [2.05, 4.69) is 20.5 Å². The van der Waals surface area contributed by atoms with E-state index in [9.17, 15) is 4.79 Å². The first-order valence-corrected chi connectivity index (χ1v) is 9.99.